The molecule has 2 fully saturated rings. The maximum Gasteiger partial charge on any atom is 0.252 e. The first-order chi connectivity index (χ1) is 15.6. The lowest BCUT2D eigenvalue weighted by Gasteiger charge is -2.25. The SMILES string of the molecule is CNC(=O)c1ccc(N=c2ncc3c(n2C2CCCC2)NC2CCCC2C(=O)N3C)nc1. The fourth-order valence-corrected chi connectivity index (χ4v) is 5.25. The lowest BCUT2D eigenvalue weighted by Crippen LogP contribution is -2.35. The molecular formula is C23H29N7O2. The molecule has 168 valence electrons. The van der Waals surface area contributed by atoms with Crippen LogP contribution in [0.25, 0.3) is 0 Å². The van der Waals surface area contributed by atoms with E-state index in [4.69, 9.17) is 4.99 Å². The highest BCUT2D eigenvalue weighted by molar-refractivity contribution is 5.99. The molecule has 3 heterocycles. The van der Waals surface area contributed by atoms with Crippen molar-refractivity contribution in [1.82, 2.24) is 19.9 Å². The molecule has 2 saturated carbocycles. The average molecular weight is 436 g/mol. The number of fused-ring (bicyclic) bond motifs is 2. The fraction of sp³-hybridized carbons (Fsp3) is 0.522. The predicted molar refractivity (Wildman–Crippen MR) is 121 cm³/mol. The molecule has 1 aliphatic heterocycles. The summed E-state index contributed by atoms with van der Waals surface area (Å²) in [5, 5.41) is 6.31. The van der Waals surface area contributed by atoms with Crippen LogP contribution in [0.5, 0.6) is 0 Å². The molecule has 2 amide bonds. The average Bonchev–Trinajstić information content (AvgIpc) is 3.49. The van der Waals surface area contributed by atoms with E-state index in [0.29, 0.717) is 17.0 Å². The van der Waals surface area contributed by atoms with Crippen molar-refractivity contribution in [3.8, 4) is 0 Å². The van der Waals surface area contributed by atoms with Gasteiger partial charge in [-0.25, -0.2) is 9.97 Å². The van der Waals surface area contributed by atoms with Crippen molar-refractivity contribution in [2.75, 3.05) is 24.3 Å². The molecule has 0 spiro atoms. The van der Waals surface area contributed by atoms with Gasteiger partial charge in [-0.3, -0.25) is 14.2 Å². The maximum atomic E-state index is 13.1. The summed E-state index contributed by atoms with van der Waals surface area (Å²) in [6, 6.07) is 3.85. The standard InChI is InChI=1S/C23H29N7O2/c1-24-21(31)14-10-11-19(25-12-14)28-23-26-13-18-20(30(23)15-6-3-4-7-15)27-17-9-5-8-16(17)22(32)29(18)2/h10-13,15-17,27H,3-9H2,1-2H3,(H,24,31). The Kier molecular flexibility index (Phi) is 5.40. The van der Waals surface area contributed by atoms with Gasteiger partial charge in [0.25, 0.3) is 5.91 Å². The van der Waals surface area contributed by atoms with Crippen molar-refractivity contribution < 1.29 is 9.59 Å². The molecule has 0 aromatic carbocycles. The Morgan fingerprint density at radius 1 is 1.12 bits per heavy atom. The van der Waals surface area contributed by atoms with Gasteiger partial charge in [-0.1, -0.05) is 19.3 Å². The molecule has 2 aromatic heterocycles. The van der Waals surface area contributed by atoms with Crippen molar-refractivity contribution in [2.24, 2.45) is 10.9 Å². The zero-order chi connectivity index (χ0) is 22.2. The number of rotatable bonds is 3. The molecule has 9 heteroatoms. The number of amides is 2. The van der Waals surface area contributed by atoms with Gasteiger partial charge in [-0.15, -0.1) is 0 Å². The van der Waals surface area contributed by atoms with Crippen LogP contribution in [0.15, 0.2) is 29.5 Å². The number of carbonyl (C=O) groups is 2. The van der Waals surface area contributed by atoms with Crippen LogP contribution in [0.1, 0.15) is 61.3 Å². The van der Waals surface area contributed by atoms with E-state index >= 15 is 0 Å². The smallest absolute Gasteiger partial charge is 0.252 e. The first kappa shape index (κ1) is 20.7. The highest BCUT2D eigenvalue weighted by atomic mass is 16.2. The van der Waals surface area contributed by atoms with E-state index in [1.54, 1.807) is 30.3 Å². The van der Waals surface area contributed by atoms with Crippen molar-refractivity contribution in [2.45, 2.75) is 57.0 Å². The third kappa shape index (κ3) is 3.55. The van der Waals surface area contributed by atoms with Crippen LogP contribution >= 0.6 is 0 Å². The number of pyridine rings is 1. The lowest BCUT2D eigenvalue weighted by atomic mass is 10.0. The summed E-state index contributed by atoms with van der Waals surface area (Å²) in [6.45, 7) is 0. The van der Waals surface area contributed by atoms with Gasteiger partial charge in [0.05, 0.1) is 17.7 Å². The van der Waals surface area contributed by atoms with Gasteiger partial charge in [-0.2, -0.15) is 4.99 Å². The summed E-state index contributed by atoms with van der Waals surface area (Å²) in [5.74, 6) is 1.40. The van der Waals surface area contributed by atoms with Crippen LogP contribution in [0.3, 0.4) is 0 Å². The van der Waals surface area contributed by atoms with Crippen LogP contribution < -0.4 is 21.2 Å². The number of carbonyl (C=O) groups excluding carboxylic acids is 2. The molecule has 5 rings (SSSR count). The number of anilines is 2. The van der Waals surface area contributed by atoms with Gasteiger partial charge in [0, 0.05) is 32.4 Å². The highest BCUT2D eigenvalue weighted by Crippen LogP contribution is 2.40. The largest absolute Gasteiger partial charge is 0.366 e. The van der Waals surface area contributed by atoms with Crippen molar-refractivity contribution in [3.63, 3.8) is 0 Å². The Hall–Kier alpha value is -3.23. The number of nitrogens with one attached hydrogen (secondary N) is 2. The second-order valence-electron chi connectivity index (χ2n) is 8.88. The van der Waals surface area contributed by atoms with Crippen LogP contribution in [-0.4, -0.2) is 46.5 Å². The molecule has 9 nitrogen and oxygen atoms in total. The zero-order valence-electron chi connectivity index (χ0n) is 18.5. The Labute approximate surface area is 187 Å². The van der Waals surface area contributed by atoms with Crippen LogP contribution in [-0.2, 0) is 4.79 Å². The second-order valence-corrected chi connectivity index (χ2v) is 8.88. The monoisotopic (exact) mass is 435 g/mol. The highest BCUT2D eigenvalue weighted by Gasteiger charge is 2.40. The molecule has 0 bridgehead atoms. The van der Waals surface area contributed by atoms with Crippen molar-refractivity contribution >= 4 is 29.1 Å². The second kappa shape index (κ2) is 8.37. The Balaban J connectivity index is 1.63. The summed E-state index contributed by atoms with van der Waals surface area (Å²) in [4.78, 5) is 40.4. The minimum absolute atomic E-state index is 0.00346. The number of nitrogens with zero attached hydrogens (tertiary/aromatic N) is 5. The van der Waals surface area contributed by atoms with Crippen molar-refractivity contribution in [3.05, 3.63) is 35.7 Å². The summed E-state index contributed by atoms with van der Waals surface area (Å²) in [7, 11) is 3.44. The van der Waals surface area contributed by atoms with Gasteiger partial charge in [0.1, 0.15) is 11.5 Å². The topological polar surface area (TPSA) is 105 Å². The molecule has 2 aromatic rings. The first-order valence-electron chi connectivity index (χ1n) is 11.5. The van der Waals surface area contributed by atoms with Gasteiger partial charge in [-0.05, 0) is 37.8 Å². The summed E-state index contributed by atoms with van der Waals surface area (Å²) in [5.41, 5.74) is 1.86. The number of aromatic nitrogens is 3. The predicted octanol–water partition coefficient (Wildman–Crippen LogP) is 2.54. The zero-order valence-corrected chi connectivity index (χ0v) is 18.5. The Morgan fingerprint density at radius 2 is 1.94 bits per heavy atom. The van der Waals surface area contributed by atoms with Gasteiger partial charge in [0.15, 0.2) is 5.82 Å². The summed E-state index contributed by atoms with van der Waals surface area (Å²) in [6.07, 6.45) is 10.7. The summed E-state index contributed by atoms with van der Waals surface area (Å²) < 4.78 is 2.18. The van der Waals surface area contributed by atoms with E-state index in [9.17, 15) is 9.59 Å². The Morgan fingerprint density at radius 3 is 2.66 bits per heavy atom. The van der Waals surface area contributed by atoms with E-state index in [1.165, 1.54) is 19.0 Å². The number of hydrogen-bond donors (Lipinski definition) is 2. The van der Waals surface area contributed by atoms with E-state index in [1.807, 2.05) is 7.05 Å². The number of hydrogen-bond acceptors (Lipinski definition) is 6. The minimum atomic E-state index is -0.184. The molecule has 2 aliphatic carbocycles. The normalized spacial score (nSPS) is 23.5. The summed E-state index contributed by atoms with van der Waals surface area (Å²) >= 11 is 0. The minimum Gasteiger partial charge on any atom is -0.366 e. The molecule has 2 unspecified atom stereocenters. The quantitative estimate of drug-likeness (QED) is 0.771. The maximum absolute atomic E-state index is 13.1. The van der Waals surface area contributed by atoms with E-state index in [-0.39, 0.29) is 29.8 Å². The Bertz CT molecular complexity index is 1100. The van der Waals surface area contributed by atoms with E-state index in [0.717, 1.165) is 43.6 Å². The lowest BCUT2D eigenvalue weighted by molar-refractivity contribution is -0.122. The molecule has 0 saturated heterocycles. The van der Waals surface area contributed by atoms with Gasteiger partial charge >= 0.3 is 0 Å². The van der Waals surface area contributed by atoms with E-state index in [2.05, 4.69) is 25.2 Å². The van der Waals surface area contributed by atoms with Crippen LogP contribution in [0.2, 0.25) is 0 Å². The molecular weight excluding hydrogens is 406 g/mol. The first-order valence-corrected chi connectivity index (χ1v) is 11.5. The van der Waals surface area contributed by atoms with Crippen molar-refractivity contribution in [1.29, 1.82) is 0 Å². The molecule has 2 N–H and O–H groups in total. The fourth-order valence-electron chi connectivity index (χ4n) is 5.25. The molecule has 32 heavy (non-hydrogen) atoms. The van der Waals surface area contributed by atoms with Gasteiger partial charge < -0.3 is 15.5 Å². The molecule has 0 radical (unpaired) electrons. The van der Waals surface area contributed by atoms with Crippen LogP contribution in [0.4, 0.5) is 17.3 Å². The third-order valence-corrected chi connectivity index (χ3v) is 6.99. The molecule has 3 aliphatic rings. The third-order valence-electron chi connectivity index (χ3n) is 6.99. The molecule has 2 atom stereocenters. The van der Waals surface area contributed by atoms with Gasteiger partial charge in [0.2, 0.25) is 11.5 Å². The van der Waals surface area contributed by atoms with E-state index < -0.39 is 0 Å². The van der Waals surface area contributed by atoms with Crippen LogP contribution in [0, 0.1) is 5.92 Å².